The van der Waals surface area contributed by atoms with Gasteiger partial charge in [0.2, 0.25) is 0 Å². The Morgan fingerprint density at radius 2 is 1.55 bits per heavy atom. The third-order valence-electron chi connectivity index (χ3n) is 3.30. The first-order chi connectivity index (χ1) is 9.49. The number of hydrogen-bond donors (Lipinski definition) is 1. The second kappa shape index (κ2) is 5.70. The lowest BCUT2D eigenvalue weighted by Gasteiger charge is -2.12. The van der Waals surface area contributed by atoms with Crippen molar-refractivity contribution in [2.75, 3.05) is 5.32 Å². The molecule has 20 heavy (non-hydrogen) atoms. The van der Waals surface area contributed by atoms with E-state index in [0.29, 0.717) is 16.8 Å². The van der Waals surface area contributed by atoms with Gasteiger partial charge in [0, 0.05) is 11.1 Å². The predicted molar refractivity (Wildman–Crippen MR) is 80.3 cm³/mol. The fourth-order valence-electron chi connectivity index (χ4n) is 1.99. The van der Waals surface area contributed by atoms with Gasteiger partial charge in [-0.25, -0.2) is 0 Å². The van der Waals surface area contributed by atoms with Gasteiger partial charge in [-0.1, -0.05) is 18.2 Å². The first kappa shape index (κ1) is 14.0. The third-order valence-corrected chi connectivity index (χ3v) is 3.30. The summed E-state index contributed by atoms with van der Waals surface area (Å²) in [5.41, 5.74) is 3.75. The maximum absolute atomic E-state index is 12.2. The maximum Gasteiger partial charge on any atom is 0.255 e. The Kier molecular flexibility index (Phi) is 3.99. The number of carbonyl (C=O) groups is 2. The largest absolute Gasteiger partial charge is 0.321 e. The molecule has 0 unspecified atom stereocenters. The van der Waals surface area contributed by atoms with Crippen molar-refractivity contribution in [1.82, 2.24) is 0 Å². The van der Waals surface area contributed by atoms with Crippen LogP contribution in [0.5, 0.6) is 0 Å². The van der Waals surface area contributed by atoms with Crippen LogP contribution in [0.1, 0.15) is 38.8 Å². The summed E-state index contributed by atoms with van der Waals surface area (Å²) in [4.78, 5) is 23.9. The second-order valence-electron chi connectivity index (χ2n) is 4.86. The Hall–Kier alpha value is -2.42. The molecule has 102 valence electrons. The van der Waals surface area contributed by atoms with Crippen molar-refractivity contribution in [2.45, 2.75) is 20.8 Å². The topological polar surface area (TPSA) is 46.2 Å². The highest BCUT2D eigenvalue weighted by Crippen LogP contribution is 2.22. The first-order valence-electron chi connectivity index (χ1n) is 6.47. The number of hydrogen-bond acceptors (Lipinski definition) is 2. The molecule has 3 nitrogen and oxygen atoms in total. The van der Waals surface area contributed by atoms with Crippen LogP contribution < -0.4 is 5.32 Å². The highest BCUT2D eigenvalue weighted by Gasteiger charge is 2.13. The van der Waals surface area contributed by atoms with Crippen LogP contribution in [0, 0.1) is 13.8 Å². The molecule has 0 aliphatic heterocycles. The van der Waals surface area contributed by atoms with Gasteiger partial charge in [-0.15, -0.1) is 0 Å². The summed E-state index contributed by atoms with van der Waals surface area (Å²) in [6.07, 6.45) is 0. The number of benzene rings is 2. The van der Waals surface area contributed by atoms with Crippen molar-refractivity contribution in [3.8, 4) is 0 Å². The number of nitrogens with one attached hydrogen (secondary N) is 1. The van der Waals surface area contributed by atoms with E-state index in [1.807, 2.05) is 32.0 Å². The molecule has 1 amide bonds. The van der Waals surface area contributed by atoms with Crippen molar-refractivity contribution in [2.24, 2.45) is 0 Å². The zero-order valence-electron chi connectivity index (χ0n) is 11.9. The molecule has 1 N–H and O–H groups in total. The summed E-state index contributed by atoms with van der Waals surface area (Å²) in [5, 5.41) is 2.82. The summed E-state index contributed by atoms with van der Waals surface area (Å²) in [7, 11) is 0. The second-order valence-corrected chi connectivity index (χ2v) is 4.86. The number of anilines is 1. The van der Waals surface area contributed by atoms with E-state index < -0.39 is 0 Å². The predicted octanol–water partition coefficient (Wildman–Crippen LogP) is 3.76. The average molecular weight is 267 g/mol. The van der Waals surface area contributed by atoms with Gasteiger partial charge in [-0.05, 0) is 56.2 Å². The van der Waals surface area contributed by atoms with Gasteiger partial charge >= 0.3 is 0 Å². The van der Waals surface area contributed by atoms with Crippen LogP contribution in [0.15, 0.2) is 42.5 Å². The van der Waals surface area contributed by atoms with Crippen molar-refractivity contribution in [1.29, 1.82) is 0 Å². The molecule has 0 aliphatic rings. The zero-order valence-corrected chi connectivity index (χ0v) is 11.9. The molecule has 2 aromatic carbocycles. The number of carbonyl (C=O) groups excluding carboxylic acids is 2. The SMILES string of the molecule is CC(=O)c1cc(C)c(C)cc1NC(=O)c1ccccc1. The Morgan fingerprint density at radius 1 is 0.950 bits per heavy atom. The smallest absolute Gasteiger partial charge is 0.255 e. The van der Waals surface area contributed by atoms with Gasteiger partial charge in [-0.2, -0.15) is 0 Å². The summed E-state index contributed by atoms with van der Waals surface area (Å²) in [6.45, 7) is 5.41. The summed E-state index contributed by atoms with van der Waals surface area (Å²) >= 11 is 0. The normalized spacial score (nSPS) is 10.2. The van der Waals surface area contributed by atoms with Crippen molar-refractivity contribution < 1.29 is 9.59 Å². The molecule has 0 aromatic heterocycles. The number of amides is 1. The highest BCUT2D eigenvalue weighted by atomic mass is 16.1. The molecule has 0 aliphatic carbocycles. The monoisotopic (exact) mass is 267 g/mol. The van der Waals surface area contributed by atoms with Crippen molar-refractivity contribution in [3.63, 3.8) is 0 Å². The maximum atomic E-state index is 12.2. The lowest BCUT2D eigenvalue weighted by atomic mass is 10.0. The van der Waals surface area contributed by atoms with E-state index in [1.165, 1.54) is 6.92 Å². The van der Waals surface area contributed by atoms with Gasteiger partial charge < -0.3 is 5.32 Å². The molecule has 0 heterocycles. The molecule has 2 rings (SSSR count). The molecule has 0 bridgehead atoms. The fourth-order valence-corrected chi connectivity index (χ4v) is 1.99. The molecular weight excluding hydrogens is 250 g/mol. The van der Waals surface area contributed by atoms with E-state index in [4.69, 9.17) is 0 Å². The Labute approximate surface area is 118 Å². The standard InChI is InChI=1S/C17H17NO2/c1-11-9-15(13(3)19)16(10-12(11)2)18-17(20)14-7-5-4-6-8-14/h4-10H,1-3H3,(H,18,20). The molecule has 0 atom stereocenters. The van der Waals surface area contributed by atoms with Crippen LogP contribution in [0.3, 0.4) is 0 Å². The van der Waals surface area contributed by atoms with Gasteiger partial charge in [0.05, 0.1) is 5.69 Å². The van der Waals surface area contributed by atoms with Crippen molar-refractivity contribution >= 4 is 17.4 Å². The molecule has 0 saturated heterocycles. The zero-order chi connectivity index (χ0) is 14.7. The summed E-state index contributed by atoms with van der Waals surface area (Å²) in [6, 6.07) is 12.6. The minimum atomic E-state index is -0.212. The quantitative estimate of drug-likeness (QED) is 0.861. The molecule has 0 fully saturated rings. The van der Waals surface area contributed by atoms with Gasteiger partial charge in [-0.3, -0.25) is 9.59 Å². The molecule has 0 spiro atoms. The van der Waals surface area contributed by atoms with Gasteiger partial charge in [0.25, 0.3) is 5.91 Å². The summed E-state index contributed by atoms with van der Waals surface area (Å²) < 4.78 is 0. The van der Waals surface area contributed by atoms with E-state index in [1.54, 1.807) is 24.3 Å². The van der Waals surface area contributed by atoms with E-state index >= 15 is 0 Å². The molecule has 0 saturated carbocycles. The van der Waals surface area contributed by atoms with Crippen LogP contribution in [-0.2, 0) is 0 Å². The number of rotatable bonds is 3. The fraction of sp³-hybridized carbons (Fsp3) is 0.176. The Bertz CT molecular complexity index is 660. The van der Waals surface area contributed by atoms with Crippen LogP contribution in [-0.4, -0.2) is 11.7 Å². The number of aryl methyl sites for hydroxylation is 2. The van der Waals surface area contributed by atoms with Crippen molar-refractivity contribution in [3.05, 3.63) is 64.7 Å². The van der Waals surface area contributed by atoms with Crippen LogP contribution in [0.2, 0.25) is 0 Å². The van der Waals surface area contributed by atoms with Crippen LogP contribution >= 0.6 is 0 Å². The number of Topliss-reactive ketones (excluding diaryl/α,β-unsaturated/α-hetero) is 1. The highest BCUT2D eigenvalue weighted by molar-refractivity contribution is 6.09. The molecule has 0 radical (unpaired) electrons. The molecular formula is C17H17NO2. The minimum Gasteiger partial charge on any atom is -0.321 e. The lowest BCUT2D eigenvalue weighted by Crippen LogP contribution is -2.14. The molecule has 2 aromatic rings. The van der Waals surface area contributed by atoms with E-state index in [9.17, 15) is 9.59 Å². The lowest BCUT2D eigenvalue weighted by molar-refractivity contribution is 0.101. The Morgan fingerprint density at radius 3 is 2.15 bits per heavy atom. The third kappa shape index (κ3) is 2.94. The number of ketones is 1. The van der Waals surface area contributed by atoms with Gasteiger partial charge in [0.15, 0.2) is 5.78 Å². The van der Waals surface area contributed by atoms with Gasteiger partial charge in [0.1, 0.15) is 0 Å². The van der Waals surface area contributed by atoms with Crippen LogP contribution in [0.25, 0.3) is 0 Å². The summed E-state index contributed by atoms with van der Waals surface area (Å²) in [5.74, 6) is -0.271. The first-order valence-corrected chi connectivity index (χ1v) is 6.47. The van der Waals surface area contributed by atoms with E-state index in [2.05, 4.69) is 5.32 Å². The van der Waals surface area contributed by atoms with E-state index in [-0.39, 0.29) is 11.7 Å². The average Bonchev–Trinajstić information content (AvgIpc) is 2.43. The molecule has 3 heteroatoms. The minimum absolute atomic E-state index is 0.0588. The van der Waals surface area contributed by atoms with E-state index in [0.717, 1.165) is 11.1 Å². The Balaban J connectivity index is 2.36. The van der Waals surface area contributed by atoms with Crippen LogP contribution in [0.4, 0.5) is 5.69 Å².